The molecule has 1 fully saturated rings. The number of hydrogen-bond acceptors (Lipinski definition) is 3. The van der Waals surface area contributed by atoms with Gasteiger partial charge in [-0.1, -0.05) is 12.8 Å². The number of terminal acetylenes is 1. The smallest absolute Gasteiger partial charge is 0.0621 e. The van der Waals surface area contributed by atoms with Crippen LogP contribution in [0.25, 0.3) is 0 Å². The molecule has 3 nitrogen and oxygen atoms in total. The van der Waals surface area contributed by atoms with Gasteiger partial charge in [-0.05, 0) is 6.54 Å². The molecule has 0 aromatic carbocycles. The lowest BCUT2D eigenvalue weighted by atomic mass is 10.0. The Balaban J connectivity index is 2.32. The molecule has 0 spiro atoms. The molecule has 0 aliphatic carbocycles. The summed E-state index contributed by atoms with van der Waals surface area (Å²) in [5.74, 6) is 3.10. The Labute approximate surface area is 80.2 Å². The summed E-state index contributed by atoms with van der Waals surface area (Å²) in [6.45, 7) is 6.23. The van der Waals surface area contributed by atoms with Crippen molar-refractivity contribution in [2.75, 3.05) is 32.8 Å². The van der Waals surface area contributed by atoms with E-state index in [1.54, 1.807) is 0 Å². The highest BCUT2D eigenvalue weighted by Gasteiger charge is 2.25. The Hall–Kier alpha value is -0.560. The third-order valence-electron chi connectivity index (χ3n) is 2.50. The summed E-state index contributed by atoms with van der Waals surface area (Å²) >= 11 is 0. The largest absolute Gasteiger partial charge is 0.379 e. The molecule has 2 atom stereocenters. The van der Waals surface area contributed by atoms with E-state index in [2.05, 4.69) is 17.7 Å². The molecule has 0 radical (unpaired) electrons. The summed E-state index contributed by atoms with van der Waals surface area (Å²) in [5.41, 5.74) is 5.87. The summed E-state index contributed by atoms with van der Waals surface area (Å²) < 4.78 is 5.29. The Morgan fingerprint density at radius 1 is 1.62 bits per heavy atom. The van der Waals surface area contributed by atoms with Crippen LogP contribution in [0.3, 0.4) is 0 Å². The molecule has 1 saturated heterocycles. The standard InChI is InChI=1S/C10H18N2O/c1-3-5-12(4-2)6-9-7-13-8-10(9)11/h1,9-10H,4-8,11H2,2H3. The van der Waals surface area contributed by atoms with Crippen LogP contribution in [0.1, 0.15) is 6.92 Å². The first-order valence-electron chi connectivity index (χ1n) is 4.77. The van der Waals surface area contributed by atoms with E-state index >= 15 is 0 Å². The summed E-state index contributed by atoms with van der Waals surface area (Å²) in [6.07, 6.45) is 5.26. The first-order valence-corrected chi connectivity index (χ1v) is 4.77. The second kappa shape index (κ2) is 5.23. The highest BCUT2D eigenvalue weighted by Crippen LogP contribution is 2.12. The fourth-order valence-corrected chi connectivity index (χ4v) is 1.57. The topological polar surface area (TPSA) is 38.5 Å². The van der Waals surface area contributed by atoms with Gasteiger partial charge in [-0.15, -0.1) is 6.42 Å². The van der Waals surface area contributed by atoms with E-state index in [0.717, 1.165) is 19.7 Å². The van der Waals surface area contributed by atoms with Gasteiger partial charge in [0.05, 0.1) is 19.8 Å². The molecule has 0 aromatic rings. The summed E-state index contributed by atoms with van der Waals surface area (Å²) in [7, 11) is 0. The minimum absolute atomic E-state index is 0.187. The van der Waals surface area contributed by atoms with Gasteiger partial charge < -0.3 is 10.5 Å². The van der Waals surface area contributed by atoms with Crippen LogP contribution in [0.2, 0.25) is 0 Å². The van der Waals surface area contributed by atoms with Crippen LogP contribution >= 0.6 is 0 Å². The van der Waals surface area contributed by atoms with Gasteiger partial charge in [0.25, 0.3) is 0 Å². The molecule has 0 saturated carbocycles. The molecule has 1 aliphatic rings. The maximum atomic E-state index is 5.87. The first-order chi connectivity index (χ1) is 6.27. The number of nitrogens with two attached hydrogens (primary N) is 1. The van der Waals surface area contributed by atoms with E-state index < -0.39 is 0 Å². The average molecular weight is 182 g/mol. The second-order valence-electron chi connectivity index (χ2n) is 3.49. The van der Waals surface area contributed by atoms with Gasteiger partial charge in [0.2, 0.25) is 0 Å². The van der Waals surface area contributed by atoms with Crippen molar-refractivity contribution in [2.45, 2.75) is 13.0 Å². The normalized spacial score (nSPS) is 27.8. The molecule has 1 heterocycles. The molecule has 74 valence electrons. The number of nitrogens with zero attached hydrogens (tertiary/aromatic N) is 1. The van der Waals surface area contributed by atoms with E-state index in [4.69, 9.17) is 16.9 Å². The summed E-state index contributed by atoms with van der Waals surface area (Å²) in [4.78, 5) is 2.22. The van der Waals surface area contributed by atoms with Crippen molar-refractivity contribution in [3.63, 3.8) is 0 Å². The molecular formula is C10H18N2O. The van der Waals surface area contributed by atoms with E-state index in [0.29, 0.717) is 19.1 Å². The van der Waals surface area contributed by atoms with E-state index in [1.807, 2.05) is 0 Å². The molecular weight excluding hydrogens is 164 g/mol. The van der Waals surface area contributed by atoms with Crippen LogP contribution in [0.4, 0.5) is 0 Å². The quantitative estimate of drug-likeness (QED) is 0.618. The van der Waals surface area contributed by atoms with Crippen LogP contribution in [0, 0.1) is 18.3 Å². The first kappa shape index (κ1) is 10.5. The molecule has 2 N–H and O–H groups in total. The van der Waals surface area contributed by atoms with Crippen LogP contribution in [0.5, 0.6) is 0 Å². The zero-order valence-electron chi connectivity index (χ0n) is 8.20. The Morgan fingerprint density at radius 3 is 2.85 bits per heavy atom. The van der Waals surface area contributed by atoms with Crippen LogP contribution in [-0.2, 0) is 4.74 Å². The van der Waals surface area contributed by atoms with Crippen molar-refractivity contribution >= 4 is 0 Å². The van der Waals surface area contributed by atoms with Gasteiger partial charge in [-0.3, -0.25) is 4.90 Å². The Kier molecular flexibility index (Phi) is 4.23. The lowest BCUT2D eigenvalue weighted by Gasteiger charge is -2.22. The molecule has 1 aliphatic heterocycles. The van der Waals surface area contributed by atoms with Crippen molar-refractivity contribution in [3.05, 3.63) is 0 Å². The van der Waals surface area contributed by atoms with E-state index in [1.165, 1.54) is 0 Å². The zero-order chi connectivity index (χ0) is 9.68. The minimum atomic E-state index is 0.187. The van der Waals surface area contributed by atoms with Gasteiger partial charge >= 0.3 is 0 Å². The van der Waals surface area contributed by atoms with Gasteiger partial charge in [-0.2, -0.15) is 0 Å². The highest BCUT2D eigenvalue weighted by atomic mass is 16.5. The third-order valence-corrected chi connectivity index (χ3v) is 2.50. The van der Waals surface area contributed by atoms with E-state index in [9.17, 15) is 0 Å². The summed E-state index contributed by atoms with van der Waals surface area (Å²) in [6, 6.07) is 0.187. The minimum Gasteiger partial charge on any atom is -0.379 e. The van der Waals surface area contributed by atoms with Crippen LogP contribution < -0.4 is 5.73 Å². The molecule has 13 heavy (non-hydrogen) atoms. The third kappa shape index (κ3) is 3.00. The SMILES string of the molecule is C#CCN(CC)CC1COCC1N. The highest BCUT2D eigenvalue weighted by molar-refractivity contribution is 4.90. The van der Waals surface area contributed by atoms with Crippen molar-refractivity contribution in [1.82, 2.24) is 4.90 Å². The number of rotatable bonds is 4. The lowest BCUT2D eigenvalue weighted by molar-refractivity contribution is 0.172. The fraction of sp³-hybridized carbons (Fsp3) is 0.800. The van der Waals surface area contributed by atoms with Crippen molar-refractivity contribution in [2.24, 2.45) is 11.7 Å². The zero-order valence-corrected chi connectivity index (χ0v) is 8.20. The molecule has 0 aromatic heterocycles. The molecule has 0 bridgehead atoms. The number of ether oxygens (including phenoxy) is 1. The predicted octanol–water partition coefficient (Wildman–Crippen LogP) is -0.0848. The van der Waals surface area contributed by atoms with Gasteiger partial charge in [0.15, 0.2) is 0 Å². The van der Waals surface area contributed by atoms with Crippen molar-refractivity contribution < 1.29 is 4.74 Å². The van der Waals surface area contributed by atoms with Crippen molar-refractivity contribution in [3.8, 4) is 12.3 Å². The predicted molar refractivity (Wildman–Crippen MR) is 53.2 cm³/mol. The van der Waals surface area contributed by atoms with Gasteiger partial charge in [0.1, 0.15) is 0 Å². The molecule has 1 rings (SSSR count). The fourth-order valence-electron chi connectivity index (χ4n) is 1.57. The maximum Gasteiger partial charge on any atom is 0.0621 e. The Morgan fingerprint density at radius 2 is 2.38 bits per heavy atom. The van der Waals surface area contributed by atoms with Gasteiger partial charge in [0, 0.05) is 18.5 Å². The molecule has 2 unspecified atom stereocenters. The maximum absolute atomic E-state index is 5.87. The number of hydrogen-bond donors (Lipinski definition) is 1. The average Bonchev–Trinajstić information content (AvgIpc) is 2.51. The van der Waals surface area contributed by atoms with Crippen LogP contribution in [0.15, 0.2) is 0 Å². The van der Waals surface area contributed by atoms with Gasteiger partial charge in [-0.25, -0.2) is 0 Å². The Bertz CT molecular complexity index is 188. The van der Waals surface area contributed by atoms with Crippen LogP contribution in [-0.4, -0.2) is 43.8 Å². The molecule has 0 amide bonds. The second-order valence-corrected chi connectivity index (χ2v) is 3.49. The monoisotopic (exact) mass is 182 g/mol. The molecule has 3 heteroatoms. The summed E-state index contributed by atoms with van der Waals surface area (Å²) in [5, 5.41) is 0. The lowest BCUT2D eigenvalue weighted by Crippen LogP contribution is -2.38. The van der Waals surface area contributed by atoms with E-state index in [-0.39, 0.29) is 6.04 Å². The van der Waals surface area contributed by atoms with Crippen molar-refractivity contribution in [1.29, 1.82) is 0 Å².